The minimum absolute atomic E-state index is 0. The van der Waals surface area contributed by atoms with E-state index in [-0.39, 0.29) is 72.6 Å². The van der Waals surface area contributed by atoms with Crippen LogP contribution in [0.15, 0.2) is 9.59 Å². The summed E-state index contributed by atoms with van der Waals surface area (Å²) in [5, 5.41) is 2.25. The Morgan fingerprint density at radius 3 is 2.53 bits per heavy atom. The van der Waals surface area contributed by atoms with Gasteiger partial charge >= 0.3 is 62.8 Å². The van der Waals surface area contributed by atoms with Crippen LogP contribution in [0.2, 0.25) is 0 Å². The molecular formula is C8H12KN4O3P. The first-order valence-electron chi connectivity index (χ1n) is 4.55. The van der Waals surface area contributed by atoms with Gasteiger partial charge in [-0.3, -0.25) is 0 Å². The number of amides is 1. The molecule has 0 aliphatic carbocycles. The van der Waals surface area contributed by atoms with Crippen LogP contribution in [0.5, 0.6) is 0 Å². The van der Waals surface area contributed by atoms with Gasteiger partial charge in [0, 0.05) is 6.54 Å². The molecule has 7 nitrogen and oxygen atoms in total. The van der Waals surface area contributed by atoms with Crippen molar-refractivity contribution in [3.05, 3.63) is 27.9 Å². The van der Waals surface area contributed by atoms with Gasteiger partial charge in [0.1, 0.15) is 0 Å². The first-order valence-corrected chi connectivity index (χ1v) is 6.00. The molecule has 0 spiro atoms. The summed E-state index contributed by atoms with van der Waals surface area (Å²) in [6, 6.07) is 0. The van der Waals surface area contributed by atoms with Crippen molar-refractivity contribution in [3.8, 4) is 0 Å². The summed E-state index contributed by atoms with van der Waals surface area (Å²) in [4.78, 5) is 37.6. The molecule has 1 N–H and O–H groups in total. The molecule has 1 heterocycles. The normalized spacial score (nSPS) is 10.2. The number of carbonyl (C=O) groups excluding carboxylic acids is 1. The summed E-state index contributed by atoms with van der Waals surface area (Å²) in [5.74, 6) is -0.673. The maximum atomic E-state index is 11.8. The molecular weight excluding hydrogens is 270 g/mol. The molecule has 0 aliphatic rings. The van der Waals surface area contributed by atoms with Crippen molar-refractivity contribution in [2.45, 2.75) is 13.5 Å². The van der Waals surface area contributed by atoms with Crippen LogP contribution < -0.4 is 68.1 Å². The Morgan fingerprint density at radius 2 is 2.12 bits per heavy atom. The minimum atomic E-state index is -0.675. The Bertz CT molecular complexity index is 524. The van der Waals surface area contributed by atoms with Crippen molar-refractivity contribution in [1.82, 2.24) is 13.9 Å². The van der Waals surface area contributed by atoms with Crippen LogP contribution in [-0.2, 0) is 11.3 Å². The van der Waals surface area contributed by atoms with Crippen molar-refractivity contribution in [3.63, 3.8) is 0 Å². The Hall–Kier alpha value is 0.0164. The van der Waals surface area contributed by atoms with Crippen LogP contribution in [0.3, 0.4) is 0 Å². The van der Waals surface area contributed by atoms with Gasteiger partial charge in [-0.15, -0.1) is 0 Å². The summed E-state index contributed by atoms with van der Waals surface area (Å²) in [5.41, 5.74) is -1.15. The van der Waals surface area contributed by atoms with E-state index in [0.29, 0.717) is 0 Å². The number of hydrogen-bond acceptors (Lipinski definition) is 4. The number of nitrogens with one attached hydrogen (secondary N) is 1. The first kappa shape index (κ1) is 17.0. The third kappa shape index (κ3) is 4.01. The van der Waals surface area contributed by atoms with Gasteiger partial charge in [-0.25, -0.2) is 18.5 Å². The van der Waals surface area contributed by atoms with Crippen LogP contribution in [0.4, 0.5) is 5.95 Å². The second kappa shape index (κ2) is 7.45. The summed E-state index contributed by atoms with van der Waals surface area (Å²) in [7, 11) is 0.0625. The topological polar surface area (TPSA) is 86.0 Å². The maximum Gasteiger partial charge on any atom is 1.00 e. The van der Waals surface area contributed by atoms with Crippen molar-refractivity contribution < 1.29 is 56.2 Å². The predicted octanol–water partition coefficient (Wildman–Crippen LogP) is -3.73. The van der Waals surface area contributed by atoms with Crippen molar-refractivity contribution in [2.75, 3.05) is 12.0 Å². The largest absolute Gasteiger partial charge is 1.00 e. The molecule has 1 atom stereocenters. The van der Waals surface area contributed by atoms with Gasteiger partial charge in [0.05, 0.1) is 5.91 Å². The van der Waals surface area contributed by atoms with Crippen LogP contribution in [0.1, 0.15) is 6.92 Å². The summed E-state index contributed by atoms with van der Waals surface area (Å²) < 4.78 is 2.23. The zero-order valence-corrected chi connectivity index (χ0v) is 14.1. The summed E-state index contributed by atoms with van der Waals surface area (Å²) in [6.45, 7) is 6.76. The molecule has 0 saturated carbocycles. The predicted molar refractivity (Wildman–Crippen MR) is 62.1 cm³/mol. The molecule has 0 bridgehead atoms. The third-order valence-electron chi connectivity index (χ3n) is 1.86. The van der Waals surface area contributed by atoms with E-state index >= 15 is 0 Å². The molecule has 0 aromatic carbocycles. The Morgan fingerprint density at radius 1 is 1.53 bits per heavy atom. The maximum absolute atomic E-state index is 11.8. The molecule has 1 unspecified atom stereocenters. The fraction of sp³-hybridized carbons (Fsp3) is 0.375. The van der Waals surface area contributed by atoms with Crippen LogP contribution in [-0.4, -0.2) is 26.5 Å². The van der Waals surface area contributed by atoms with Crippen LogP contribution >= 0.6 is 8.73 Å². The van der Waals surface area contributed by atoms with Gasteiger partial charge < -0.3 is 17.0 Å². The van der Waals surface area contributed by atoms with E-state index < -0.39 is 17.3 Å². The molecule has 0 radical (unpaired) electrons. The SMILES string of the molecule is [CH2-]C(=O)Nc1nc(=O)n(CC)c(=O)n1PC.[K+]. The number of aromatic nitrogens is 3. The fourth-order valence-corrected chi connectivity index (χ4v) is 1.80. The Labute approximate surface area is 142 Å². The molecule has 1 rings (SSSR count). The van der Waals surface area contributed by atoms with Gasteiger partial charge in [0.15, 0.2) is 0 Å². The molecule has 1 aromatic rings. The van der Waals surface area contributed by atoms with E-state index in [1.807, 2.05) is 0 Å². The Kier molecular flexibility index (Phi) is 7.46. The summed E-state index contributed by atoms with van der Waals surface area (Å²) in [6.07, 6.45) is 0. The average molecular weight is 282 g/mol. The van der Waals surface area contributed by atoms with Crippen LogP contribution in [0.25, 0.3) is 0 Å². The molecule has 0 fully saturated rings. The van der Waals surface area contributed by atoms with Crippen molar-refractivity contribution in [1.29, 1.82) is 0 Å². The third-order valence-corrected chi connectivity index (χ3v) is 2.71. The average Bonchev–Trinajstić information content (AvgIpc) is 2.17. The van der Waals surface area contributed by atoms with E-state index in [9.17, 15) is 14.4 Å². The summed E-state index contributed by atoms with van der Waals surface area (Å²) >= 11 is 0. The molecule has 88 valence electrons. The molecule has 9 heteroatoms. The first-order chi connectivity index (χ1) is 7.51. The van der Waals surface area contributed by atoms with Gasteiger partial charge in [0.25, 0.3) is 0 Å². The quantitative estimate of drug-likeness (QED) is 0.351. The number of nitrogens with zero attached hydrogens (tertiary/aromatic N) is 3. The van der Waals surface area contributed by atoms with Crippen LogP contribution in [0, 0.1) is 6.92 Å². The van der Waals surface area contributed by atoms with E-state index in [2.05, 4.69) is 17.2 Å². The van der Waals surface area contributed by atoms with E-state index in [0.717, 1.165) is 4.57 Å². The molecule has 1 aromatic heterocycles. The minimum Gasteiger partial charge on any atom is -0.321 e. The van der Waals surface area contributed by atoms with Gasteiger partial charge in [0.2, 0.25) is 5.95 Å². The zero-order valence-electron chi connectivity index (χ0n) is 9.98. The molecule has 17 heavy (non-hydrogen) atoms. The Balaban J connectivity index is 0.00000256. The molecule has 1 amide bonds. The number of hydrogen-bond donors (Lipinski definition) is 1. The van der Waals surface area contributed by atoms with Gasteiger partial charge in [-0.05, 0) is 22.3 Å². The van der Waals surface area contributed by atoms with Gasteiger partial charge in [-0.2, -0.15) is 4.98 Å². The van der Waals surface area contributed by atoms with E-state index in [4.69, 9.17) is 0 Å². The van der Waals surface area contributed by atoms with Crippen molar-refractivity contribution in [2.24, 2.45) is 0 Å². The second-order valence-electron chi connectivity index (χ2n) is 2.85. The van der Waals surface area contributed by atoms with Gasteiger partial charge in [-0.1, -0.05) is 0 Å². The van der Waals surface area contributed by atoms with E-state index in [1.165, 1.54) is 4.34 Å². The monoisotopic (exact) mass is 282 g/mol. The number of rotatable bonds is 3. The second-order valence-corrected chi connectivity index (χ2v) is 3.75. The van der Waals surface area contributed by atoms with E-state index in [1.54, 1.807) is 13.6 Å². The molecule has 0 aliphatic heterocycles. The van der Waals surface area contributed by atoms with Crippen molar-refractivity contribution >= 4 is 20.6 Å². The fourth-order valence-electron chi connectivity index (χ4n) is 1.17. The number of carbonyl (C=O) groups is 1. The molecule has 0 saturated heterocycles. The smallest absolute Gasteiger partial charge is 0.321 e. The standard InChI is InChI=1S/C8H12N4O3P.K/c1-4-11-7(14)10-6(9-5(2)13)12(16-3)8(11)15;/h16H,2,4H2,1,3H3,(H,9,10,13,14);/q-1;+1. The number of anilines is 1. The zero-order chi connectivity index (χ0) is 12.3.